The van der Waals surface area contributed by atoms with Crippen LogP contribution in [0.4, 0.5) is 36.8 Å². The van der Waals surface area contributed by atoms with Gasteiger partial charge in [-0.05, 0) is 24.6 Å². The van der Waals surface area contributed by atoms with Crippen molar-refractivity contribution >= 4 is 29.4 Å². The summed E-state index contributed by atoms with van der Waals surface area (Å²) in [5.74, 6) is -1.08. The SMILES string of the molecule is C[C@@H](Nc1cc(Cl)ccc1CN1CCN(C(=O)OC(C(F)(F)F)C(F)(F)F)CC1)C(=O)O. The number of alkyl halides is 6. The molecule has 0 saturated carbocycles. The number of hydrogen-bond acceptors (Lipinski definition) is 5. The highest BCUT2D eigenvalue weighted by Gasteiger charge is 2.60. The Morgan fingerprint density at radius 1 is 1.12 bits per heavy atom. The van der Waals surface area contributed by atoms with Gasteiger partial charge in [-0.3, -0.25) is 9.69 Å². The summed E-state index contributed by atoms with van der Waals surface area (Å²) in [6, 6.07) is 3.89. The molecule has 1 aromatic carbocycles. The molecule has 0 aliphatic carbocycles. The van der Waals surface area contributed by atoms with Crippen LogP contribution in [0.3, 0.4) is 0 Å². The van der Waals surface area contributed by atoms with Gasteiger partial charge < -0.3 is 20.1 Å². The van der Waals surface area contributed by atoms with Crippen LogP contribution < -0.4 is 5.32 Å². The van der Waals surface area contributed by atoms with Crippen molar-refractivity contribution in [3.8, 4) is 0 Å². The number of ether oxygens (including phenoxy) is 1. The van der Waals surface area contributed by atoms with Crippen LogP contribution in [0.5, 0.6) is 0 Å². The molecule has 1 amide bonds. The van der Waals surface area contributed by atoms with Crippen LogP contribution in [-0.4, -0.2) is 77.6 Å². The molecule has 2 rings (SSSR count). The number of benzene rings is 1. The van der Waals surface area contributed by atoms with E-state index in [0.717, 1.165) is 4.90 Å². The highest BCUT2D eigenvalue weighted by atomic mass is 35.5. The van der Waals surface area contributed by atoms with Crippen molar-refractivity contribution in [1.82, 2.24) is 9.80 Å². The molecule has 1 fully saturated rings. The number of nitrogens with one attached hydrogen (secondary N) is 1. The van der Waals surface area contributed by atoms with E-state index >= 15 is 0 Å². The molecule has 1 atom stereocenters. The molecule has 1 aliphatic rings. The molecule has 1 aliphatic heterocycles. The first-order valence-corrected chi connectivity index (χ1v) is 9.65. The van der Waals surface area contributed by atoms with Crippen molar-refractivity contribution in [2.75, 3.05) is 31.5 Å². The maximum Gasteiger partial charge on any atom is 0.434 e. The molecule has 2 N–H and O–H groups in total. The number of hydrogen-bond donors (Lipinski definition) is 2. The van der Waals surface area contributed by atoms with E-state index in [4.69, 9.17) is 16.7 Å². The number of carbonyl (C=O) groups is 2. The average molecular weight is 492 g/mol. The molecule has 1 saturated heterocycles. The molecule has 7 nitrogen and oxygen atoms in total. The fourth-order valence-electron chi connectivity index (χ4n) is 2.94. The van der Waals surface area contributed by atoms with Crippen LogP contribution >= 0.6 is 11.6 Å². The molecule has 0 bridgehead atoms. The van der Waals surface area contributed by atoms with Gasteiger partial charge in [-0.1, -0.05) is 17.7 Å². The largest absolute Gasteiger partial charge is 0.480 e. The average Bonchev–Trinajstić information content (AvgIpc) is 2.66. The van der Waals surface area contributed by atoms with Gasteiger partial charge in [0.05, 0.1) is 0 Å². The maximum atomic E-state index is 12.6. The second kappa shape index (κ2) is 10.0. The van der Waals surface area contributed by atoms with Crippen molar-refractivity contribution in [2.24, 2.45) is 0 Å². The van der Waals surface area contributed by atoms with Crippen molar-refractivity contribution < 1.29 is 45.8 Å². The van der Waals surface area contributed by atoms with Gasteiger partial charge in [0.2, 0.25) is 0 Å². The lowest BCUT2D eigenvalue weighted by atomic mass is 10.1. The molecular weight excluding hydrogens is 472 g/mol. The Hall–Kier alpha value is -2.41. The molecule has 0 aromatic heterocycles. The number of carboxylic acid groups (broad SMARTS) is 1. The number of rotatable bonds is 6. The number of carboxylic acids is 1. The van der Waals surface area contributed by atoms with Crippen LogP contribution in [0.1, 0.15) is 12.5 Å². The van der Waals surface area contributed by atoms with Crippen LogP contribution in [0.2, 0.25) is 5.02 Å². The zero-order valence-corrected chi connectivity index (χ0v) is 17.4. The van der Waals surface area contributed by atoms with Crippen molar-refractivity contribution in [1.29, 1.82) is 0 Å². The third kappa shape index (κ3) is 7.05. The van der Waals surface area contributed by atoms with E-state index in [9.17, 15) is 35.9 Å². The van der Waals surface area contributed by atoms with Gasteiger partial charge >= 0.3 is 24.4 Å². The monoisotopic (exact) mass is 491 g/mol. The Balaban J connectivity index is 1.99. The Morgan fingerprint density at radius 3 is 2.19 bits per heavy atom. The standard InChI is InChI=1S/C18H20ClF6N3O4/c1-10(14(29)30)26-13-8-12(19)3-2-11(13)9-27-4-6-28(7-5-27)16(31)32-15(17(20,21)22)18(23,24)25/h2-3,8,10,15,26H,4-7,9H2,1H3,(H,29,30)/t10-/m1/s1. The molecule has 0 spiro atoms. The predicted octanol–water partition coefficient (Wildman–Crippen LogP) is 3.97. The van der Waals surface area contributed by atoms with Crippen molar-refractivity contribution in [3.63, 3.8) is 0 Å². The zero-order valence-electron chi connectivity index (χ0n) is 16.6. The van der Waals surface area contributed by atoms with Gasteiger partial charge in [-0.2, -0.15) is 26.3 Å². The highest BCUT2D eigenvalue weighted by molar-refractivity contribution is 6.30. The molecule has 1 heterocycles. The lowest BCUT2D eigenvalue weighted by Gasteiger charge is -2.35. The Labute approximate surface area is 183 Å². The summed E-state index contributed by atoms with van der Waals surface area (Å²) >= 11 is 5.96. The number of aliphatic carboxylic acids is 1. The predicted molar refractivity (Wildman–Crippen MR) is 101 cm³/mol. The molecule has 0 unspecified atom stereocenters. The molecule has 32 heavy (non-hydrogen) atoms. The van der Waals surface area contributed by atoms with E-state index < -0.39 is 36.6 Å². The number of amides is 1. The molecule has 1 aromatic rings. The van der Waals surface area contributed by atoms with E-state index in [1.807, 2.05) is 0 Å². The zero-order chi connectivity index (χ0) is 24.3. The minimum atomic E-state index is -5.78. The third-order valence-corrected chi connectivity index (χ3v) is 4.89. The van der Waals surface area contributed by atoms with E-state index in [0.29, 0.717) is 16.3 Å². The topological polar surface area (TPSA) is 82.1 Å². The summed E-state index contributed by atoms with van der Waals surface area (Å²) in [7, 11) is 0. The van der Waals surface area contributed by atoms with Gasteiger partial charge in [-0.15, -0.1) is 0 Å². The van der Waals surface area contributed by atoms with Crippen LogP contribution in [0.15, 0.2) is 18.2 Å². The lowest BCUT2D eigenvalue weighted by molar-refractivity contribution is -0.308. The van der Waals surface area contributed by atoms with Gasteiger partial charge in [0.15, 0.2) is 0 Å². The first-order chi connectivity index (χ1) is 14.7. The van der Waals surface area contributed by atoms with Crippen LogP contribution in [0.25, 0.3) is 0 Å². The van der Waals surface area contributed by atoms with Crippen molar-refractivity contribution in [3.05, 3.63) is 28.8 Å². The fourth-order valence-corrected chi connectivity index (χ4v) is 3.11. The first-order valence-electron chi connectivity index (χ1n) is 9.27. The second-order valence-corrected chi connectivity index (χ2v) is 7.55. The lowest BCUT2D eigenvalue weighted by Crippen LogP contribution is -2.52. The summed E-state index contributed by atoms with van der Waals surface area (Å²) in [6.45, 7) is 1.71. The highest BCUT2D eigenvalue weighted by Crippen LogP contribution is 2.36. The van der Waals surface area contributed by atoms with Gasteiger partial charge in [-0.25, -0.2) is 4.79 Å². The Kier molecular flexibility index (Phi) is 8.10. The third-order valence-electron chi connectivity index (χ3n) is 4.65. The van der Waals surface area contributed by atoms with E-state index in [-0.39, 0.29) is 32.7 Å². The van der Waals surface area contributed by atoms with Gasteiger partial charge in [0.1, 0.15) is 6.04 Å². The summed E-state index contributed by atoms with van der Waals surface area (Å²) in [5.41, 5.74) is 1.14. The summed E-state index contributed by atoms with van der Waals surface area (Å²) in [6.07, 6.45) is -17.4. The first kappa shape index (κ1) is 25.8. The van der Waals surface area contributed by atoms with E-state index in [2.05, 4.69) is 10.1 Å². The fraction of sp³-hybridized carbons (Fsp3) is 0.556. The number of nitrogens with zero attached hydrogens (tertiary/aromatic N) is 2. The maximum absolute atomic E-state index is 12.6. The van der Waals surface area contributed by atoms with Crippen molar-refractivity contribution in [2.45, 2.75) is 38.0 Å². The van der Waals surface area contributed by atoms with Gasteiger partial charge in [0, 0.05) is 43.4 Å². The number of anilines is 1. The van der Waals surface area contributed by atoms with E-state index in [1.54, 1.807) is 23.1 Å². The number of halogens is 7. The minimum absolute atomic E-state index is 0.147. The summed E-state index contributed by atoms with van der Waals surface area (Å²) in [4.78, 5) is 25.5. The Morgan fingerprint density at radius 2 is 1.69 bits per heavy atom. The summed E-state index contributed by atoms with van der Waals surface area (Å²) < 4.78 is 79.2. The molecule has 0 radical (unpaired) electrons. The Bertz CT molecular complexity index is 814. The minimum Gasteiger partial charge on any atom is -0.480 e. The van der Waals surface area contributed by atoms with Crippen LogP contribution in [-0.2, 0) is 16.1 Å². The molecular formula is C18H20ClF6N3O4. The normalized spacial score (nSPS) is 16.7. The van der Waals surface area contributed by atoms with E-state index in [1.165, 1.54) is 6.92 Å². The second-order valence-electron chi connectivity index (χ2n) is 7.12. The molecule has 14 heteroatoms. The van der Waals surface area contributed by atoms with Crippen LogP contribution in [0, 0.1) is 0 Å². The quantitative estimate of drug-likeness (QED) is 0.586. The number of carbonyl (C=O) groups excluding carboxylic acids is 1. The van der Waals surface area contributed by atoms with Gasteiger partial charge in [0.25, 0.3) is 6.10 Å². The molecule has 180 valence electrons. The number of piperazine rings is 1. The smallest absolute Gasteiger partial charge is 0.434 e. The summed E-state index contributed by atoms with van der Waals surface area (Å²) in [5, 5.41) is 12.2.